The average Bonchev–Trinajstić information content (AvgIpc) is 3.19. The number of carboxylic acids is 1. The number of ether oxygens (including phenoxy) is 1. The molecule has 0 fully saturated rings. The minimum absolute atomic E-state index is 0.360. The number of nitrogens with one attached hydrogen (secondary N) is 1. The fourth-order valence-corrected chi connectivity index (χ4v) is 4.66. The molecule has 0 atom stereocenters. The van der Waals surface area contributed by atoms with E-state index in [4.69, 9.17) is 19.4 Å². The predicted octanol–water partition coefficient (Wildman–Crippen LogP) is 15.5. The molecule has 0 aliphatic carbocycles. The second-order valence-electron chi connectivity index (χ2n) is 13.8. The van der Waals surface area contributed by atoms with Gasteiger partial charge in [-0.15, -0.1) is 0 Å². The van der Waals surface area contributed by atoms with Crippen LogP contribution in [-0.2, 0) is 14.3 Å². The Bertz CT molecular complexity index is 1340. The number of carbonyl (C=O) groups excluding carboxylic acids is 1. The smallest absolute Gasteiger partial charge is 0.300 e. The lowest BCUT2D eigenvalue weighted by Gasteiger charge is -2.18. The summed E-state index contributed by atoms with van der Waals surface area (Å²) in [6.07, 6.45) is 31.2. The van der Waals surface area contributed by atoms with Crippen molar-refractivity contribution < 1.29 is 24.0 Å². The maximum absolute atomic E-state index is 9.00. The highest BCUT2D eigenvalue weighted by atomic mass is 16.5. The number of carboxylic acid groups (broad SMARTS) is 1. The van der Waals surface area contributed by atoms with E-state index in [-0.39, 0.29) is 0 Å². The largest absolute Gasteiger partial charge is 0.481 e. The van der Waals surface area contributed by atoms with Crippen molar-refractivity contribution in [1.29, 1.82) is 0 Å². The summed E-state index contributed by atoms with van der Waals surface area (Å²) in [6.45, 7) is 48.9. The molecule has 0 saturated heterocycles. The van der Waals surface area contributed by atoms with Crippen LogP contribution in [0.3, 0.4) is 0 Å². The van der Waals surface area contributed by atoms with Gasteiger partial charge in [-0.1, -0.05) is 164 Å². The van der Waals surface area contributed by atoms with Gasteiger partial charge in [-0.3, -0.25) is 4.79 Å². The first kappa shape index (κ1) is 66.8. The summed E-state index contributed by atoms with van der Waals surface area (Å²) in [5.41, 5.74) is 9.37. The maximum atomic E-state index is 9.00. The van der Waals surface area contributed by atoms with Gasteiger partial charge >= 0.3 is 0 Å². The summed E-state index contributed by atoms with van der Waals surface area (Å²) in [5.74, 6) is -0.112. The third-order valence-electron chi connectivity index (χ3n) is 7.88. The highest BCUT2D eigenvalue weighted by Gasteiger charge is 2.20. The topological polar surface area (TPSA) is 78.6 Å². The Kier molecular flexibility index (Phi) is 56.7. The fraction of sp³-hybridized carbons (Fsp3) is 0.566. The molecule has 0 aromatic rings. The Hall–Kier alpha value is -4.03. The third-order valence-corrected chi connectivity index (χ3v) is 7.88. The molecule has 0 aromatic heterocycles. The van der Waals surface area contributed by atoms with Gasteiger partial charge in [0.1, 0.15) is 12.8 Å². The summed E-state index contributed by atoms with van der Waals surface area (Å²) < 4.78 is 7.62. The molecule has 0 saturated carbocycles. The number of carbonyl (C=O) groups is 2. The van der Waals surface area contributed by atoms with E-state index >= 15 is 0 Å². The maximum Gasteiger partial charge on any atom is 0.300 e. The molecule has 0 unspecified atom stereocenters. The predicted molar refractivity (Wildman–Crippen MR) is 266 cm³/mol. The molecule has 0 rings (SSSR count). The molecular weight excluding hydrogens is 729 g/mol. The molecule has 0 amide bonds. The molecule has 0 radical (unpaired) electrons. The van der Waals surface area contributed by atoms with Crippen molar-refractivity contribution in [3.8, 4) is 0 Å². The second-order valence-corrected chi connectivity index (χ2v) is 13.8. The first-order chi connectivity index (χ1) is 28.0. The number of rotatable bonds is 23. The summed E-state index contributed by atoms with van der Waals surface area (Å²) in [5, 5.41) is 11.1. The van der Waals surface area contributed by atoms with Crippen molar-refractivity contribution in [1.82, 2.24) is 5.32 Å². The molecule has 6 nitrogen and oxygen atoms in total. The molecule has 0 aromatic carbocycles. The molecule has 0 aliphatic rings. The lowest BCUT2D eigenvalue weighted by Crippen LogP contribution is -2.21. The van der Waals surface area contributed by atoms with Crippen LogP contribution in [0.1, 0.15) is 169 Å². The van der Waals surface area contributed by atoms with Crippen LogP contribution in [0.15, 0.2) is 120 Å². The van der Waals surface area contributed by atoms with Crippen molar-refractivity contribution in [2.75, 3.05) is 20.3 Å². The lowest BCUT2D eigenvalue weighted by molar-refractivity contribution is -0.474. The Labute approximate surface area is 367 Å². The molecule has 0 heterocycles. The van der Waals surface area contributed by atoms with Gasteiger partial charge in [0.2, 0.25) is 5.70 Å². The van der Waals surface area contributed by atoms with Crippen molar-refractivity contribution in [2.45, 2.75) is 169 Å². The second kappa shape index (κ2) is 50.1. The number of aliphatic carboxylic acids is 1. The monoisotopic (exact) mass is 824 g/mol. The van der Waals surface area contributed by atoms with E-state index in [1.165, 1.54) is 47.9 Å². The first-order valence-electron chi connectivity index (χ1n) is 22.3. The van der Waals surface area contributed by atoms with Gasteiger partial charge in [0.05, 0.1) is 0 Å². The summed E-state index contributed by atoms with van der Waals surface area (Å²) in [4.78, 5) is 17.8. The molecule has 0 bridgehead atoms. The van der Waals surface area contributed by atoms with Crippen LogP contribution in [-0.4, -0.2) is 47.9 Å². The number of allylic oxidation sites excluding steroid dienone is 15. The Morgan fingerprint density at radius 1 is 0.831 bits per heavy atom. The number of hydrogen-bond acceptors (Lipinski definition) is 4. The zero-order valence-electron chi connectivity index (χ0n) is 41.8. The van der Waals surface area contributed by atoms with Crippen LogP contribution in [0.25, 0.3) is 0 Å². The van der Waals surface area contributed by atoms with E-state index in [1.807, 2.05) is 33.8 Å². The van der Waals surface area contributed by atoms with Crippen LogP contribution < -0.4 is 5.32 Å². The van der Waals surface area contributed by atoms with Crippen LogP contribution in [0.5, 0.6) is 0 Å². The Balaban J connectivity index is -0.000000404. The minimum atomic E-state index is -0.833. The van der Waals surface area contributed by atoms with Crippen LogP contribution >= 0.6 is 0 Å². The van der Waals surface area contributed by atoms with E-state index in [0.29, 0.717) is 11.8 Å². The van der Waals surface area contributed by atoms with Gasteiger partial charge in [-0.25, -0.2) is 0 Å². The molecule has 2 N–H and O–H groups in total. The van der Waals surface area contributed by atoms with Crippen molar-refractivity contribution in [2.24, 2.45) is 11.8 Å². The molecule has 6 heteroatoms. The summed E-state index contributed by atoms with van der Waals surface area (Å²) >= 11 is 0. The quantitative estimate of drug-likeness (QED) is 0.0268. The summed E-state index contributed by atoms with van der Waals surface area (Å²) in [6, 6.07) is 0. The number of aldehydes is 1. The van der Waals surface area contributed by atoms with Crippen molar-refractivity contribution in [3.05, 3.63) is 120 Å². The van der Waals surface area contributed by atoms with Gasteiger partial charge in [0, 0.05) is 57.0 Å². The van der Waals surface area contributed by atoms with Gasteiger partial charge in [-0.2, -0.15) is 4.58 Å². The van der Waals surface area contributed by atoms with Crippen LogP contribution in [0.4, 0.5) is 0 Å². The highest BCUT2D eigenvalue weighted by Crippen LogP contribution is 2.21. The van der Waals surface area contributed by atoms with Crippen molar-refractivity contribution in [3.63, 3.8) is 0 Å². The number of hydrogen-bond donors (Lipinski definition) is 2. The highest BCUT2D eigenvalue weighted by molar-refractivity contribution is 5.89. The first-order valence-corrected chi connectivity index (χ1v) is 22.3. The van der Waals surface area contributed by atoms with Crippen LogP contribution in [0, 0.1) is 11.8 Å². The fourth-order valence-electron chi connectivity index (χ4n) is 4.66. The van der Waals surface area contributed by atoms with E-state index in [2.05, 4.69) is 160 Å². The average molecular weight is 824 g/mol. The number of methoxy groups -OCH3 is 1. The SMILES string of the molecule is C=C/C=C(\C(=C)[N+](CCCCOC)=C(C)/C=C/C=C(C)/C(=C/C=C(/NC(=CC/C=C\CC)C(=C)C)C(C)C)CCC)C(C)C.CC.CC.CC(=O)O.CC=O.CCCC. The van der Waals surface area contributed by atoms with Gasteiger partial charge < -0.3 is 20.0 Å². The Morgan fingerprint density at radius 3 is 1.78 bits per heavy atom. The van der Waals surface area contributed by atoms with Gasteiger partial charge in [0.15, 0.2) is 5.71 Å². The van der Waals surface area contributed by atoms with Gasteiger partial charge in [0.25, 0.3) is 5.97 Å². The van der Waals surface area contributed by atoms with E-state index < -0.39 is 5.97 Å². The Morgan fingerprint density at radius 2 is 1.37 bits per heavy atom. The number of nitrogens with zero attached hydrogens (tertiary/aromatic N) is 1. The van der Waals surface area contributed by atoms with Crippen molar-refractivity contribution >= 4 is 18.0 Å². The third kappa shape index (κ3) is 43.4. The van der Waals surface area contributed by atoms with E-state index in [9.17, 15) is 0 Å². The zero-order chi connectivity index (χ0) is 47.2. The summed E-state index contributed by atoms with van der Waals surface area (Å²) in [7, 11) is 1.76. The van der Waals surface area contributed by atoms with E-state index in [0.717, 1.165) is 81.9 Å². The molecular formula is C53H95N2O4+. The van der Waals surface area contributed by atoms with E-state index in [1.54, 1.807) is 7.11 Å². The minimum Gasteiger partial charge on any atom is -0.481 e. The molecule has 59 heavy (non-hydrogen) atoms. The van der Waals surface area contributed by atoms with Gasteiger partial charge in [-0.05, 0) is 87.7 Å². The number of unbranched alkanes of at least 4 members (excludes halogenated alkanes) is 2. The lowest BCUT2D eigenvalue weighted by atomic mass is 9.99. The molecule has 0 spiro atoms. The zero-order valence-corrected chi connectivity index (χ0v) is 41.8. The van der Waals surface area contributed by atoms with Crippen LogP contribution in [0.2, 0.25) is 0 Å². The standard InChI is InChI=1S/C41H64N2O.C4H10.C2H4O2.C2H4O.2C2H6/c1-14-17-18-19-27-40(33(6)7)42-41(34(8)9)29-28-38(23-15-2)35(10)25-22-26-36(11)43(30-20-21-31-44-13)37(12)39(24-16-3)32(4)5;1-3-4-2;1-2(3)4;1-2-3;2*1-2/h16-18,22,24-29,32,34H,3,6,12,14-15,19-21,23,30-31H2,1-2,4-5,7-11,13H3;3-4H2,1-2H3;1H3,(H,3,4);2H,1H3;2*1-2H3/p+1/b18-17-,39-24-,40-27?;;;;;. The molecule has 0 aliphatic heterocycles. The molecule has 340 valence electrons. The normalized spacial score (nSPS) is 12.3.